The van der Waals surface area contributed by atoms with Gasteiger partial charge in [0.1, 0.15) is 0 Å². The van der Waals surface area contributed by atoms with Gasteiger partial charge in [0.15, 0.2) is 0 Å². The Kier molecular flexibility index (Phi) is 5.00. The highest BCUT2D eigenvalue weighted by molar-refractivity contribution is 5.27. The molecule has 0 bridgehead atoms. The summed E-state index contributed by atoms with van der Waals surface area (Å²) in [5.41, 5.74) is 3.51. The van der Waals surface area contributed by atoms with Crippen LogP contribution in [-0.2, 0) is 13.1 Å². The minimum absolute atomic E-state index is 0.584. The number of likely N-dealkylation sites (tertiary alicyclic amines) is 1. The minimum Gasteiger partial charge on any atom is -0.316 e. The Morgan fingerprint density at radius 2 is 1.79 bits per heavy atom. The molecule has 0 spiro atoms. The highest BCUT2D eigenvalue weighted by atomic mass is 15.1. The summed E-state index contributed by atoms with van der Waals surface area (Å²) < 4.78 is 0. The maximum Gasteiger partial charge on any atom is 0.0236 e. The van der Waals surface area contributed by atoms with E-state index in [-0.39, 0.29) is 0 Å². The fourth-order valence-corrected chi connectivity index (χ4v) is 2.92. The average molecular weight is 260 g/mol. The monoisotopic (exact) mass is 260 g/mol. The maximum atomic E-state index is 3.27. The zero-order chi connectivity index (χ0) is 13.7. The SMILES string of the molecule is CCC1(C)CCN(Cc2ccccc2CNC)CC1. The van der Waals surface area contributed by atoms with Crippen molar-refractivity contribution < 1.29 is 0 Å². The Bertz CT molecular complexity index is 392. The summed E-state index contributed by atoms with van der Waals surface area (Å²) in [5.74, 6) is 0. The number of benzene rings is 1. The Labute approximate surface area is 118 Å². The van der Waals surface area contributed by atoms with Crippen LogP contribution in [0.5, 0.6) is 0 Å². The van der Waals surface area contributed by atoms with E-state index in [0.717, 1.165) is 13.1 Å². The Morgan fingerprint density at radius 3 is 2.37 bits per heavy atom. The largest absolute Gasteiger partial charge is 0.316 e. The van der Waals surface area contributed by atoms with Crippen molar-refractivity contribution in [3.05, 3.63) is 35.4 Å². The highest BCUT2D eigenvalue weighted by Crippen LogP contribution is 2.34. The Hall–Kier alpha value is -0.860. The van der Waals surface area contributed by atoms with Crippen LogP contribution in [0.3, 0.4) is 0 Å². The van der Waals surface area contributed by atoms with Crippen LogP contribution in [-0.4, -0.2) is 25.0 Å². The minimum atomic E-state index is 0.584. The molecule has 0 aliphatic carbocycles. The first-order valence-corrected chi connectivity index (χ1v) is 7.60. The second-order valence-corrected chi connectivity index (χ2v) is 6.24. The van der Waals surface area contributed by atoms with Gasteiger partial charge in [-0.1, -0.05) is 44.5 Å². The highest BCUT2D eigenvalue weighted by Gasteiger charge is 2.28. The van der Waals surface area contributed by atoms with Crippen molar-refractivity contribution in [2.75, 3.05) is 20.1 Å². The topological polar surface area (TPSA) is 15.3 Å². The standard InChI is InChI=1S/C17H28N2/c1-4-17(2)9-11-19(12-10-17)14-16-8-6-5-7-15(16)13-18-3/h5-8,18H,4,9-14H2,1-3H3. The first kappa shape index (κ1) is 14.5. The van der Waals surface area contributed by atoms with Gasteiger partial charge in [-0.2, -0.15) is 0 Å². The van der Waals surface area contributed by atoms with Crippen LogP contribution in [0.15, 0.2) is 24.3 Å². The molecule has 1 aliphatic rings. The van der Waals surface area contributed by atoms with Gasteiger partial charge in [0.25, 0.3) is 0 Å². The van der Waals surface area contributed by atoms with Crippen LogP contribution >= 0.6 is 0 Å². The lowest BCUT2D eigenvalue weighted by atomic mass is 9.78. The average Bonchev–Trinajstić information content (AvgIpc) is 2.44. The van der Waals surface area contributed by atoms with E-state index in [1.165, 1.54) is 43.5 Å². The van der Waals surface area contributed by atoms with Crippen molar-refractivity contribution >= 4 is 0 Å². The van der Waals surface area contributed by atoms with E-state index in [9.17, 15) is 0 Å². The number of piperidine rings is 1. The summed E-state index contributed by atoms with van der Waals surface area (Å²) in [6, 6.07) is 8.82. The summed E-state index contributed by atoms with van der Waals surface area (Å²) in [7, 11) is 2.02. The molecule has 0 atom stereocenters. The molecule has 1 N–H and O–H groups in total. The summed E-state index contributed by atoms with van der Waals surface area (Å²) in [6.45, 7) is 9.35. The third kappa shape index (κ3) is 3.80. The van der Waals surface area contributed by atoms with Crippen LogP contribution in [0.2, 0.25) is 0 Å². The fraction of sp³-hybridized carbons (Fsp3) is 0.647. The lowest BCUT2D eigenvalue weighted by Crippen LogP contribution is -2.38. The van der Waals surface area contributed by atoms with Crippen LogP contribution in [0.25, 0.3) is 0 Å². The maximum absolute atomic E-state index is 3.27. The smallest absolute Gasteiger partial charge is 0.0236 e. The van der Waals surface area contributed by atoms with Gasteiger partial charge in [-0.3, -0.25) is 4.90 Å². The van der Waals surface area contributed by atoms with Crippen LogP contribution in [0.1, 0.15) is 44.2 Å². The lowest BCUT2D eigenvalue weighted by molar-refractivity contribution is 0.109. The molecule has 0 amide bonds. The van der Waals surface area contributed by atoms with Crippen LogP contribution in [0, 0.1) is 5.41 Å². The second kappa shape index (κ2) is 6.53. The molecule has 1 heterocycles. The van der Waals surface area contributed by atoms with E-state index in [2.05, 4.69) is 48.3 Å². The molecule has 106 valence electrons. The van der Waals surface area contributed by atoms with Crippen LogP contribution < -0.4 is 5.32 Å². The third-order valence-electron chi connectivity index (χ3n) is 4.80. The quantitative estimate of drug-likeness (QED) is 0.872. The van der Waals surface area contributed by atoms with Gasteiger partial charge in [0, 0.05) is 13.1 Å². The summed E-state index contributed by atoms with van der Waals surface area (Å²) in [6.07, 6.45) is 4.01. The fourth-order valence-electron chi connectivity index (χ4n) is 2.92. The summed E-state index contributed by atoms with van der Waals surface area (Å²) in [4.78, 5) is 2.62. The molecule has 1 aromatic carbocycles. The molecule has 2 rings (SSSR count). The van der Waals surface area contributed by atoms with Gasteiger partial charge in [0.05, 0.1) is 0 Å². The molecule has 2 nitrogen and oxygen atoms in total. The van der Waals surface area contributed by atoms with E-state index < -0.39 is 0 Å². The van der Waals surface area contributed by atoms with E-state index >= 15 is 0 Å². The lowest BCUT2D eigenvalue weighted by Gasteiger charge is -2.39. The van der Waals surface area contributed by atoms with Crippen molar-refractivity contribution in [2.24, 2.45) is 5.41 Å². The first-order chi connectivity index (χ1) is 9.17. The van der Waals surface area contributed by atoms with Gasteiger partial charge in [-0.15, -0.1) is 0 Å². The number of hydrogen-bond donors (Lipinski definition) is 1. The molecule has 1 saturated heterocycles. The Balaban J connectivity index is 1.95. The van der Waals surface area contributed by atoms with Gasteiger partial charge in [-0.05, 0) is 49.5 Å². The molecule has 0 saturated carbocycles. The molecule has 1 aromatic rings. The molecule has 1 fully saturated rings. The number of nitrogens with one attached hydrogen (secondary N) is 1. The van der Waals surface area contributed by atoms with E-state index in [1.807, 2.05) is 7.05 Å². The van der Waals surface area contributed by atoms with Crippen molar-refractivity contribution in [1.82, 2.24) is 10.2 Å². The predicted octanol–water partition coefficient (Wildman–Crippen LogP) is 3.42. The van der Waals surface area contributed by atoms with Crippen molar-refractivity contribution in [2.45, 2.75) is 46.2 Å². The molecule has 0 unspecified atom stereocenters. The van der Waals surface area contributed by atoms with Crippen LogP contribution in [0.4, 0.5) is 0 Å². The van der Waals surface area contributed by atoms with Gasteiger partial charge >= 0.3 is 0 Å². The van der Waals surface area contributed by atoms with Crippen molar-refractivity contribution in [3.8, 4) is 0 Å². The number of nitrogens with zero attached hydrogens (tertiary/aromatic N) is 1. The van der Waals surface area contributed by atoms with Crippen molar-refractivity contribution in [3.63, 3.8) is 0 Å². The molecule has 0 radical (unpaired) electrons. The summed E-state index contributed by atoms with van der Waals surface area (Å²) in [5, 5.41) is 3.27. The Morgan fingerprint density at radius 1 is 1.16 bits per heavy atom. The van der Waals surface area contributed by atoms with Gasteiger partial charge in [-0.25, -0.2) is 0 Å². The van der Waals surface area contributed by atoms with Gasteiger partial charge < -0.3 is 5.32 Å². The first-order valence-electron chi connectivity index (χ1n) is 7.60. The molecule has 19 heavy (non-hydrogen) atoms. The normalized spacial score (nSPS) is 19.5. The van der Waals surface area contributed by atoms with E-state index in [0.29, 0.717) is 5.41 Å². The second-order valence-electron chi connectivity index (χ2n) is 6.24. The molecule has 2 heteroatoms. The van der Waals surface area contributed by atoms with E-state index in [1.54, 1.807) is 0 Å². The predicted molar refractivity (Wildman–Crippen MR) is 82.1 cm³/mol. The van der Waals surface area contributed by atoms with Crippen molar-refractivity contribution in [1.29, 1.82) is 0 Å². The number of rotatable bonds is 5. The van der Waals surface area contributed by atoms with Gasteiger partial charge in [0.2, 0.25) is 0 Å². The molecular weight excluding hydrogens is 232 g/mol. The van der Waals surface area contributed by atoms with E-state index in [4.69, 9.17) is 0 Å². The number of hydrogen-bond acceptors (Lipinski definition) is 2. The third-order valence-corrected chi connectivity index (χ3v) is 4.80. The zero-order valence-corrected chi connectivity index (χ0v) is 12.7. The molecule has 0 aromatic heterocycles. The molecular formula is C17H28N2. The summed E-state index contributed by atoms with van der Waals surface area (Å²) >= 11 is 0. The zero-order valence-electron chi connectivity index (χ0n) is 12.7. The molecule has 1 aliphatic heterocycles.